The molecule has 0 aromatic heterocycles. The van der Waals surface area contributed by atoms with Crippen LogP contribution in [0.5, 0.6) is 34.5 Å². The van der Waals surface area contributed by atoms with Crippen molar-refractivity contribution in [2.45, 2.75) is 12.0 Å². The summed E-state index contributed by atoms with van der Waals surface area (Å²) < 4.78 is 28.7. The molecule has 0 spiro atoms. The van der Waals surface area contributed by atoms with E-state index in [0.717, 1.165) is 5.56 Å². The van der Waals surface area contributed by atoms with Crippen LogP contribution in [0.4, 0.5) is 0 Å². The molecule has 0 bridgehead atoms. The van der Waals surface area contributed by atoms with Crippen molar-refractivity contribution in [2.75, 3.05) is 14.2 Å². The average Bonchev–Trinajstić information content (AvgIpc) is 3.42. The van der Waals surface area contributed by atoms with Crippen molar-refractivity contribution in [3.8, 4) is 34.5 Å². The number of hydrogen-bond donors (Lipinski definition) is 1. The Labute approximate surface area is 295 Å². The van der Waals surface area contributed by atoms with Crippen molar-refractivity contribution in [3.05, 3.63) is 139 Å². The molecule has 1 aliphatic rings. The number of ether oxygens (including phenoxy) is 5. The van der Waals surface area contributed by atoms with E-state index in [9.17, 15) is 14.7 Å². The summed E-state index contributed by atoms with van der Waals surface area (Å²) in [5.41, 5.74) is 1.77. The highest BCUT2D eigenvalue weighted by atomic mass is 35.5. The van der Waals surface area contributed by atoms with E-state index in [-0.39, 0.29) is 54.2 Å². The second-order valence-corrected chi connectivity index (χ2v) is 12.2. The van der Waals surface area contributed by atoms with Gasteiger partial charge in [-0.3, -0.25) is 0 Å². The Morgan fingerprint density at radius 2 is 1.17 bits per heavy atom. The quantitative estimate of drug-likeness (QED) is 0.125. The molecule has 0 aliphatic carbocycles. The molecule has 0 amide bonds. The third kappa shape index (κ3) is 6.57. The third-order valence-electron chi connectivity index (χ3n) is 7.66. The number of benzene rings is 5. The summed E-state index contributed by atoms with van der Waals surface area (Å²) in [6, 6.07) is 24.2. The van der Waals surface area contributed by atoms with Gasteiger partial charge in [-0.1, -0.05) is 70.7 Å². The van der Waals surface area contributed by atoms with Crippen molar-refractivity contribution in [1.29, 1.82) is 0 Å². The molecule has 5 aromatic rings. The molecular weight excluding hydrogens is 702 g/mol. The van der Waals surface area contributed by atoms with E-state index in [1.807, 2.05) is 12.1 Å². The molecule has 1 N–H and O–H groups in total. The number of halogens is 4. The Morgan fingerprint density at radius 3 is 1.65 bits per heavy atom. The van der Waals surface area contributed by atoms with Crippen LogP contribution in [0.15, 0.2) is 91.0 Å². The molecule has 48 heavy (non-hydrogen) atoms. The molecule has 6 rings (SSSR count). The van der Waals surface area contributed by atoms with Gasteiger partial charge in [0.05, 0.1) is 51.4 Å². The molecule has 0 radical (unpaired) electrons. The summed E-state index contributed by atoms with van der Waals surface area (Å²) in [6.07, 6.45) is -0.650. The van der Waals surface area contributed by atoms with E-state index in [1.54, 1.807) is 55.6 Å². The van der Waals surface area contributed by atoms with Gasteiger partial charge in [-0.25, -0.2) is 9.59 Å². The molecule has 8 nitrogen and oxygen atoms in total. The first-order valence-electron chi connectivity index (χ1n) is 14.3. The van der Waals surface area contributed by atoms with E-state index < -0.39 is 24.0 Å². The van der Waals surface area contributed by atoms with Crippen LogP contribution in [0.1, 0.15) is 49.4 Å². The molecule has 2 atom stereocenters. The standard InChI is InChI=1S/C36H24Cl4O8/c1-44-20-11-9-18(10-12-20)34-31(23-16-28(41)30(45-2)17-29(23)48-34)19-13-21(46-35(42)32-24(37)5-3-6-25(32)38)15-22(14-19)47-36(43)33-26(39)7-4-8-27(33)40/h3-17,31,34,41H,1-2H3/t31-,34+/m0/s1. The number of rotatable bonds is 8. The predicted octanol–water partition coefficient (Wildman–Crippen LogP) is 9.73. The zero-order valence-corrected chi connectivity index (χ0v) is 28.2. The lowest BCUT2D eigenvalue weighted by Crippen LogP contribution is -2.15. The maximum absolute atomic E-state index is 13.4. The summed E-state index contributed by atoms with van der Waals surface area (Å²) in [4.78, 5) is 26.8. The van der Waals surface area contributed by atoms with E-state index in [1.165, 1.54) is 37.4 Å². The van der Waals surface area contributed by atoms with Gasteiger partial charge in [0.2, 0.25) is 0 Å². The Morgan fingerprint density at radius 1 is 0.646 bits per heavy atom. The molecule has 244 valence electrons. The number of phenols is 1. The second-order valence-electron chi connectivity index (χ2n) is 10.6. The lowest BCUT2D eigenvalue weighted by Gasteiger charge is -2.22. The van der Waals surface area contributed by atoms with Crippen molar-refractivity contribution in [3.63, 3.8) is 0 Å². The highest BCUT2D eigenvalue weighted by molar-refractivity contribution is 6.40. The van der Waals surface area contributed by atoms with Gasteiger partial charge in [-0.2, -0.15) is 0 Å². The zero-order valence-electron chi connectivity index (χ0n) is 25.1. The number of phenolic OH excluding ortho intramolecular Hbond substituents is 1. The van der Waals surface area contributed by atoms with Gasteiger partial charge >= 0.3 is 11.9 Å². The number of carbonyl (C=O) groups excluding carboxylic acids is 2. The molecule has 0 fully saturated rings. The fourth-order valence-corrected chi connectivity index (χ4v) is 6.55. The fourth-order valence-electron chi connectivity index (χ4n) is 5.44. The Balaban J connectivity index is 1.49. The number of carbonyl (C=O) groups is 2. The smallest absolute Gasteiger partial charge is 0.346 e. The molecular formula is C36H24Cl4O8. The lowest BCUT2D eigenvalue weighted by atomic mass is 9.85. The largest absolute Gasteiger partial charge is 0.504 e. The van der Waals surface area contributed by atoms with Crippen LogP contribution in [0.3, 0.4) is 0 Å². The van der Waals surface area contributed by atoms with E-state index in [0.29, 0.717) is 22.6 Å². The molecule has 0 saturated carbocycles. The van der Waals surface area contributed by atoms with Gasteiger partial charge in [-0.15, -0.1) is 0 Å². The van der Waals surface area contributed by atoms with Crippen LogP contribution in [0.25, 0.3) is 0 Å². The predicted molar refractivity (Wildman–Crippen MR) is 182 cm³/mol. The second kappa shape index (κ2) is 13.9. The van der Waals surface area contributed by atoms with E-state index in [4.69, 9.17) is 70.1 Å². The van der Waals surface area contributed by atoms with Crippen LogP contribution in [-0.2, 0) is 0 Å². The maximum atomic E-state index is 13.4. The third-order valence-corrected chi connectivity index (χ3v) is 8.92. The first-order valence-corrected chi connectivity index (χ1v) is 15.8. The van der Waals surface area contributed by atoms with Crippen molar-refractivity contribution in [1.82, 2.24) is 0 Å². The average molecular weight is 726 g/mol. The van der Waals surface area contributed by atoms with Gasteiger partial charge in [0.25, 0.3) is 0 Å². The number of methoxy groups -OCH3 is 2. The highest BCUT2D eigenvalue weighted by Gasteiger charge is 2.39. The van der Waals surface area contributed by atoms with Crippen LogP contribution in [0, 0.1) is 0 Å². The fraction of sp³-hybridized carbons (Fsp3) is 0.111. The normalized spacial score (nSPS) is 14.9. The highest BCUT2D eigenvalue weighted by Crippen LogP contribution is 2.53. The topological polar surface area (TPSA) is 101 Å². The summed E-state index contributed by atoms with van der Waals surface area (Å²) in [5, 5.41) is 11.1. The molecule has 12 heteroatoms. The van der Waals surface area contributed by atoms with Gasteiger partial charge < -0.3 is 28.8 Å². The number of esters is 2. The van der Waals surface area contributed by atoms with E-state index >= 15 is 0 Å². The summed E-state index contributed by atoms with van der Waals surface area (Å²) in [5.74, 6) is -1.11. The summed E-state index contributed by atoms with van der Waals surface area (Å²) >= 11 is 25.2. The number of aromatic hydroxyl groups is 1. The molecule has 1 heterocycles. The maximum Gasteiger partial charge on any atom is 0.346 e. The van der Waals surface area contributed by atoms with Gasteiger partial charge in [0.1, 0.15) is 29.1 Å². The minimum absolute atomic E-state index is 0.00112. The summed E-state index contributed by atoms with van der Waals surface area (Å²) in [7, 11) is 3.00. The van der Waals surface area contributed by atoms with Crippen LogP contribution in [-0.4, -0.2) is 31.3 Å². The Hall–Kier alpha value is -4.60. The monoisotopic (exact) mass is 724 g/mol. The van der Waals surface area contributed by atoms with Gasteiger partial charge in [-0.05, 0) is 65.7 Å². The molecule has 5 aromatic carbocycles. The molecule has 0 saturated heterocycles. The summed E-state index contributed by atoms with van der Waals surface area (Å²) in [6.45, 7) is 0. The number of hydrogen-bond acceptors (Lipinski definition) is 8. The zero-order chi connectivity index (χ0) is 34.1. The minimum Gasteiger partial charge on any atom is -0.504 e. The first-order chi connectivity index (χ1) is 23.1. The first kappa shape index (κ1) is 33.3. The number of fused-ring (bicyclic) bond motifs is 1. The lowest BCUT2D eigenvalue weighted by molar-refractivity contribution is 0.0733. The SMILES string of the molecule is COc1ccc([C@H]2Oc3cc(OC)c(O)cc3[C@@H]2c2cc(OC(=O)c3c(Cl)cccc3Cl)cc(OC(=O)c3c(Cl)cccc3Cl)c2)cc1. The minimum atomic E-state index is -0.841. The van der Waals surface area contributed by atoms with Gasteiger partial charge in [0.15, 0.2) is 11.5 Å². The van der Waals surface area contributed by atoms with E-state index in [2.05, 4.69) is 0 Å². The van der Waals surface area contributed by atoms with Gasteiger partial charge in [0, 0.05) is 17.7 Å². The van der Waals surface area contributed by atoms with Crippen LogP contribution >= 0.6 is 46.4 Å². The Bertz CT molecular complexity index is 1920. The van der Waals surface area contributed by atoms with Crippen molar-refractivity contribution >= 4 is 58.3 Å². The van der Waals surface area contributed by atoms with Crippen LogP contribution in [0.2, 0.25) is 20.1 Å². The molecule has 0 unspecified atom stereocenters. The van der Waals surface area contributed by atoms with Crippen molar-refractivity contribution in [2.24, 2.45) is 0 Å². The van der Waals surface area contributed by atoms with Crippen molar-refractivity contribution < 1.29 is 38.4 Å². The van der Waals surface area contributed by atoms with Crippen LogP contribution < -0.4 is 23.7 Å². The molecule has 1 aliphatic heterocycles. The Kier molecular flexibility index (Phi) is 9.62.